The highest BCUT2D eigenvalue weighted by Gasteiger charge is 2.33. The Kier molecular flexibility index (Phi) is 4.59. The van der Waals surface area contributed by atoms with E-state index in [-0.39, 0.29) is 14.8 Å². The third-order valence-electron chi connectivity index (χ3n) is 3.79. The fourth-order valence-corrected chi connectivity index (χ4v) is 5.82. The normalized spacial score (nSPS) is 12.6. The van der Waals surface area contributed by atoms with Crippen molar-refractivity contribution in [1.82, 2.24) is 3.71 Å². The second kappa shape index (κ2) is 6.42. The van der Waals surface area contributed by atoms with Gasteiger partial charge in [0, 0.05) is 12.1 Å². The maximum Gasteiger partial charge on any atom is 0.256 e. The molecule has 0 fully saturated rings. The first-order valence-corrected chi connectivity index (χ1v) is 10.5. The molecule has 0 radical (unpaired) electrons. The summed E-state index contributed by atoms with van der Waals surface area (Å²) in [5.74, 6) is 0. The second-order valence-electron chi connectivity index (χ2n) is 5.36. The van der Waals surface area contributed by atoms with Crippen LogP contribution in [-0.4, -0.2) is 27.6 Å². The smallest absolute Gasteiger partial charge is 0.206 e. The Morgan fingerprint density at radius 3 is 1.96 bits per heavy atom. The fourth-order valence-electron chi connectivity index (χ4n) is 2.38. The van der Waals surface area contributed by atoms with Gasteiger partial charge in [0.05, 0.1) is 9.79 Å². The van der Waals surface area contributed by atoms with E-state index in [1.165, 1.54) is 36.4 Å². The van der Waals surface area contributed by atoms with E-state index in [1.807, 2.05) is 12.1 Å². The third kappa shape index (κ3) is 3.28. The highest BCUT2D eigenvalue weighted by molar-refractivity contribution is 8.04. The van der Waals surface area contributed by atoms with Gasteiger partial charge in [-0.1, -0.05) is 51.7 Å². The Morgan fingerprint density at radius 2 is 1.32 bits per heavy atom. The van der Waals surface area contributed by atoms with Crippen LogP contribution in [0.5, 0.6) is 0 Å². The van der Waals surface area contributed by atoms with E-state index in [9.17, 15) is 16.8 Å². The molecule has 0 aliphatic heterocycles. The molecule has 0 aromatic heterocycles. The Labute approximate surface area is 151 Å². The van der Waals surface area contributed by atoms with E-state index in [0.29, 0.717) is 9.10 Å². The van der Waals surface area contributed by atoms with Crippen LogP contribution in [0.15, 0.2) is 76.5 Å². The summed E-state index contributed by atoms with van der Waals surface area (Å²) in [4.78, 5) is -0.286. The first-order chi connectivity index (χ1) is 11.7. The lowest BCUT2D eigenvalue weighted by atomic mass is 10.1. The lowest BCUT2D eigenvalue weighted by molar-refractivity contribution is 0.526. The van der Waals surface area contributed by atoms with Gasteiger partial charge in [0.15, 0.2) is 0 Å². The molecule has 0 saturated carbocycles. The predicted octanol–water partition coefficient (Wildman–Crippen LogP) is 3.50. The van der Waals surface area contributed by atoms with Crippen LogP contribution in [0.1, 0.15) is 0 Å². The van der Waals surface area contributed by atoms with Gasteiger partial charge in [-0.05, 0) is 41.1 Å². The lowest BCUT2D eigenvalue weighted by Crippen LogP contribution is -2.33. The maximum absolute atomic E-state index is 12.8. The van der Waals surface area contributed by atoms with Crippen molar-refractivity contribution in [3.05, 3.63) is 71.8 Å². The summed E-state index contributed by atoms with van der Waals surface area (Å²) < 4.78 is 51.3. The quantitative estimate of drug-likeness (QED) is 0.677. The van der Waals surface area contributed by atoms with Crippen LogP contribution in [0, 0.1) is 0 Å². The van der Waals surface area contributed by atoms with Crippen molar-refractivity contribution in [1.29, 1.82) is 0 Å². The minimum atomic E-state index is -4.26. The molecule has 130 valence electrons. The topological polar surface area (TPSA) is 71.5 Å². The van der Waals surface area contributed by atoms with Gasteiger partial charge in [-0.15, -0.1) is 0 Å². The van der Waals surface area contributed by atoms with Gasteiger partial charge in [0.2, 0.25) is 0 Å². The summed E-state index contributed by atoms with van der Waals surface area (Å²) in [7, 11) is -7.49. The molecule has 0 aliphatic rings. The highest BCUT2D eigenvalue weighted by atomic mass is 35.5. The zero-order valence-corrected chi connectivity index (χ0v) is 15.5. The summed E-state index contributed by atoms with van der Waals surface area (Å²) in [6.07, 6.45) is 0. The number of hydrogen-bond acceptors (Lipinski definition) is 4. The molecule has 3 rings (SSSR count). The van der Waals surface area contributed by atoms with Crippen LogP contribution in [0.4, 0.5) is 0 Å². The van der Waals surface area contributed by atoms with E-state index in [0.717, 1.165) is 12.4 Å². The zero-order valence-electron chi connectivity index (χ0n) is 13.1. The number of benzene rings is 3. The van der Waals surface area contributed by atoms with Crippen LogP contribution in [0.2, 0.25) is 5.02 Å². The van der Waals surface area contributed by atoms with Crippen molar-refractivity contribution in [2.45, 2.75) is 9.79 Å². The molecular formula is C17H14ClNO4S2. The van der Waals surface area contributed by atoms with Gasteiger partial charge in [0.25, 0.3) is 20.0 Å². The molecule has 3 aromatic carbocycles. The molecule has 5 nitrogen and oxygen atoms in total. The molecule has 0 bridgehead atoms. The van der Waals surface area contributed by atoms with Gasteiger partial charge in [0.1, 0.15) is 0 Å². The van der Waals surface area contributed by atoms with E-state index >= 15 is 0 Å². The molecule has 0 spiro atoms. The molecule has 3 aromatic rings. The molecular weight excluding hydrogens is 382 g/mol. The molecule has 0 atom stereocenters. The number of nitrogens with zero attached hydrogens (tertiary/aromatic N) is 1. The third-order valence-corrected chi connectivity index (χ3v) is 8.26. The number of sulfonamides is 2. The summed E-state index contributed by atoms with van der Waals surface area (Å²) >= 11 is 5.82. The average Bonchev–Trinajstić information content (AvgIpc) is 2.60. The van der Waals surface area contributed by atoms with Crippen LogP contribution in [-0.2, 0) is 20.0 Å². The number of rotatable bonds is 4. The molecule has 8 heteroatoms. The molecule has 0 N–H and O–H groups in total. The van der Waals surface area contributed by atoms with Crippen LogP contribution < -0.4 is 0 Å². The van der Waals surface area contributed by atoms with E-state index < -0.39 is 20.0 Å². The average molecular weight is 396 g/mol. The van der Waals surface area contributed by atoms with Crippen molar-refractivity contribution < 1.29 is 16.8 Å². The van der Waals surface area contributed by atoms with Crippen molar-refractivity contribution >= 4 is 42.4 Å². The Morgan fingerprint density at radius 1 is 0.720 bits per heavy atom. The number of fused-ring (bicyclic) bond motifs is 1. The van der Waals surface area contributed by atoms with Crippen molar-refractivity contribution in [2.24, 2.45) is 0 Å². The molecule has 0 amide bonds. The summed E-state index contributed by atoms with van der Waals surface area (Å²) in [6.45, 7) is 0. The fraction of sp³-hybridized carbons (Fsp3) is 0.0588. The van der Waals surface area contributed by atoms with Crippen molar-refractivity contribution in [3.8, 4) is 0 Å². The SMILES string of the molecule is CN(S(=O)(=O)c1cccc(Cl)c1)S(=O)(=O)c1ccc2ccccc2c1. The lowest BCUT2D eigenvalue weighted by Gasteiger charge is -2.18. The van der Waals surface area contributed by atoms with Gasteiger partial charge < -0.3 is 0 Å². The Hall–Kier alpha value is -1.93. The van der Waals surface area contributed by atoms with E-state index in [2.05, 4.69) is 0 Å². The predicted molar refractivity (Wildman–Crippen MR) is 97.5 cm³/mol. The maximum atomic E-state index is 12.8. The molecule has 0 saturated heterocycles. The monoisotopic (exact) mass is 395 g/mol. The van der Waals surface area contributed by atoms with E-state index in [4.69, 9.17) is 11.6 Å². The molecule has 0 aliphatic carbocycles. The van der Waals surface area contributed by atoms with Crippen LogP contribution in [0.3, 0.4) is 0 Å². The first-order valence-electron chi connectivity index (χ1n) is 7.21. The Bertz CT molecular complexity index is 1160. The van der Waals surface area contributed by atoms with Crippen LogP contribution in [0.25, 0.3) is 10.8 Å². The van der Waals surface area contributed by atoms with Gasteiger partial charge in [-0.2, -0.15) is 0 Å². The van der Waals surface area contributed by atoms with Gasteiger partial charge >= 0.3 is 0 Å². The van der Waals surface area contributed by atoms with Gasteiger partial charge in [-0.3, -0.25) is 0 Å². The Balaban J connectivity index is 2.09. The van der Waals surface area contributed by atoms with Crippen LogP contribution >= 0.6 is 11.6 Å². The summed E-state index contributed by atoms with van der Waals surface area (Å²) in [5.41, 5.74) is 0. The minimum absolute atomic E-state index is 0.0979. The molecule has 0 heterocycles. The number of halogens is 1. The molecule has 25 heavy (non-hydrogen) atoms. The summed E-state index contributed by atoms with van der Waals surface area (Å²) in [5, 5.41) is 1.77. The summed E-state index contributed by atoms with van der Waals surface area (Å²) in [6, 6.07) is 17.2. The molecule has 0 unspecified atom stereocenters. The highest BCUT2D eigenvalue weighted by Crippen LogP contribution is 2.26. The number of hydrogen-bond donors (Lipinski definition) is 0. The first kappa shape index (κ1) is 17.9. The largest absolute Gasteiger partial charge is 0.256 e. The van der Waals surface area contributed by atoms with Crippen molar-refractivity contribution in [2.75, 3.05) is 7.05 Å². The minimum Gasteiger partial charge on any atom is -0.206 e. The second-order valence-corrected chi connectivity index (χ2v) is 9.96. The van der Waals surface area contributed by atoms with Gasteiger partial charge in [-0.25, -0.2) is 16.8 Å². The van der Waals surface area contributed by atoms with Crippen molar-refractivity contribution in [3.63, 3.8) is 0 Å². The standard InChI is InChI=1S/C17H14ClNO4S2/c1-19(24(20,21)16-8-4-7-15(18)12-16)25(22,23)17-10-9-13-5-2-3-6-14(13)11-17/h2-12H,1H3. The van der Waals surface area contributed by atoms with E-state index in [1.54, 1.807) is 18.2 Å². The zero-order chi connectivity index (χ0) is 18.2.